The van der Waals surface area contributed by atoms with Crippen LogP contribution in [0.3, 0.4) is 0 Å². The van der Waals surface area contributed by atoms with Crippen molar-refractivity contribution in [3.63, 3.8) is 0 Å². The van der Waals surface area contributed by atoms with Crippen LogP contribution in [0.15, 0.2) is 0 Å². The highest BCUT2D eigenvalue weighted by Crippen LogP contribution is 2.31. The molecule has 2 N–H and O–H groups in total. The summed E-state index contributed by atoms with van der Waals surface area (Å²) in [7, 11) is 0. The zero-order valence-corrected chi connectivity index (χ0v) is 11.6. The minimum absolute atomic E-state index is 0.419. The van der Waals surface area contributed by atoms with Crippen LogP contribution in [0.4, 0.5) is 0 Å². The van der Waals surface area contributed by atoms with Gasteiger partial charge < -0.3 is 10.4 Å². The Labute approximate surface area is 105 Å². The molecule has 1 rings (SSSR count). The number of nitrogens with one attached hydrogen (secondary N) is 1. The Morgan fingerprint density at radius 2 is 2.25 bits per heavy atom. The fourth-order valence-corrected chi connectivity index (χ4v) is 3.10. The molecule has 1 aliphatic rings. The summed E-state index contributed by atoms with van der Waals surface area (Å²) < 4.78 is 0. The third kappa shape index (κ3) is 5.55. The average molecular weight is 245 g/mol. The van der Waals surface area contributed by atoms with Crippen LogP contribution in [0, 0.1) is 5.92 Å². The van der Waals surface area contributed by atoms with Crippen molar-refractivity contribution in [1.82, 2.24) is 5.32 Å². The van der Waals surface area contributed by atoms with Crippen LogP contribution >= 0.6 is 11.8 Å². The summed E-state index contributed by atoms with van der Waals surface area (Å²) in [6.07, 6.45) is 9.09. The van der Waals surface area contributed by atoms with Gasteiger partial charge in [0.25, 0.3) is 0 Å². The first-order valence-electron chi connectivity index (χ1n) is 6.58. The molecule has 1 saturated carbocycles. The zero-order chi connectivity index (χ0) is 11.9. The molecule has 0 radical (unpaired) electrons. The second kappa shape index (κ2) is 7.57. The van der Waals surface area contributed by atoms with Gasteiger partial charge >= 0.3 is 0 Å². The standard InChI is InChI=1S/C13H27NOS/c1-12-6-5-7-13(15,10-12)11-14-8-3-4-9-16-2/h12,14-15H,3-11H2,1-2H3. The van der Waals surface area contributed by atoms with Crippen molar-refractivity contribution in [2.45, 2.75) is 51.0 Å². The minimum Gasteiger partial charge on any atom is -0.389 e. The third-order valence-corrected chi connectivity index (χ3v) is 4.17. The predicted octanol–water partition coefficient (Wildman–Crippen LogP) is 2.66. The Morgan fingerprint density at radius 3 is 2.94 bits per heavy atom. The second-order valence-corrected chi connectivity index (χ2v) is 6.29. The predicted molar refractivity (Wildman–Crippen MR) is 73.1 cm³/mol. The molecule has 16 heavy (non-hydrogen) atoms. The highest BCUT2D eigenvalue weighted by Gasteiger charge is 2.31. The number of hydrogen-bond acceptors (Lipinski definition) is 3. The molecule has 96 valence electrons. The third-order valence-electron chi connectivity index (χ3n) is 3.47. The van der Waals surface area contributed by atoms with Gasteiger partial charge in [-0.3, -0.25) is 0 Å². The summed E-state index contributed by atoms with van der Waals surface area (Å²) in [5.74, 6) is 1.94. The largest absolute Gasteiger partial charge is 0.389 e. The van der Waals surface area contributed by atoms with E-state index in [4.69, 9.17) is 0 Å². The molecule has 0 amide bonds. The molecule has 0 heterocycles. The van der Waals surface area contributed by atoms with Crippen molar-refractivity contribution >= 4 is 11.8 Å². The fraction of sp³-hybridized carbons (Fsp3) is 1.00. The van der Waals surface area contributed by atoms with E-state index in [9.17, 15) is 5.11 Å². The molecule has 1 fully saturated rings. The summed E-state index contributed by atoms with van der Waals surface area (Å²) in [6, 6.07) is 0. The lowest BCUT2D eigenvalue weighted by atomic mass is 9.79. The average Bonchev–Trinajstić information content (AvgIpc) is 2.23. The molecule has 0 aromatic heterocycles. The number of hydrogen-bond donors (Lipinski definition) is 2. The van der Waals surface area contributed by atoms with Gasteiger partial charge in [-0.2, -0.15) is 11.8 Å². The van der Waals surface area contributed by atoms with Crippen LogP contribution in [0.5, 0.6) is 0 Å². The van der Waals surface area contributed by atoms with Crippen LogP contribution < -0.4 is 5.32 Å². The van der Waals surface area contributed by atoms with Crippen LogP contribution in [0.25, 0.3) is 0 Å². The first kappa shape index (κ1) is 14.3. The van der Waals surface area contributed by atoms with E-state index in [2.05, 4.69) is 18.5 Å². The SMILES string of the molecule is CSCCCCNCC1(O)CCCC(C)C1. The molecule has 2 atom stereocenters. The molecule has 0 bridgehead atoms. The summed E-state index contributed by atoms with van der Waals surface area (Å²) in [4.78, 5) is 0. The maximum absolute atomic E-state index is 10.4. The van der Waals surface area contributed by atoms with Gasteiger partial charge in [-0.25, -0.2) is 0 Å². The van der Waals surface area contributed by atoms with Crippen molar-refractivity contribution < 1.29 is 5.11 Å². The lowest BCUT2D eigenvalue weighted by Gasteiger charge is -2.35. The summed E-state index contributed by atoms with van der Waals surface area (Å²) in [6.45, 7) is 4.09. The van der Waals surface area contributed by atoms with Crippen molar-refractivity contribution in [2.24, 2.45) is 5.92 Å². The van der Waals surface area contributed by atoms with Gasteiger partial charge in [-0.15, -0.1) is 0 Å². The van der Waals surface area contributed by atoms with Crippen LogP contribution in [0.2, 0.25) is 0 Å². The zero-order valence-electron chi connectivity index (χ0n) is 10.8. The van der Waals surface area contributed by atoms with Crippen molar-refractivity contribution in [2.75, 3.05) is 25.1 Å². The Bertz CT molecular complexity index is 189. The van der Waals surface area contributed by atoms with Gasteiger partial charge in [-0.05, 0) is 50.2 Å². The van der Waals surface area contributed by atoms with E-state index in [1.165, 1.54) is 31.4 Å². The molecular weight excluding hydrogens is 218 g/mol. The van der Waals surface area contributed by atoms with Crippen LogP contribution in [0.1, 0.15) is 45.4 Å². The summed E-state index contributed by atoms with van der Waals surface area (Å²) in [5.41, 5.74) is -0.419. The van der Waals surface area contributed by atoms with E-state index in [0.29, 0.717) is 5.92 Å². The molecule has 3 heteroatoms. The topological polar surface area (TPSA) is 32.3 Å². The Balaban J connectivity index is 2.06. The van der Waals surface area contributed by atoms with Crippen molar-refractivity contribution in [3.8, 4) is 0 Å². The van der Waals surface area contributed by atoms with Crippen molar-refractivity contribution in [3.05, 3.63) is 0 Å². The quantitative estimate of drug-likeness (QED) is 0.676. The van der Waals surface area contributed by atoms with Crippen LogP contribution in [-0.2, 0) is 0 Å². The monoisotopic (exact) mass is 245 g/mol. The molecule has 0 aromatic rings. The number of rotatable bonds is 7. The molecule has 0 aliphatic heterocycles. The first-order valence-corrected chi connectivity index (χ1v) is 7.98. The van der Waals surface area contributed by atoms with E-state index in [1.54, 1.807) is 0 Å². The van der Waals surface area contributed by atoms with E-state index in [1.807, 2.05) is 11.8 Å². The van der Waals surface area contributed by atoms with Crippen LogP contribution in [-0.4, -0.2) is 35.8 Å². The molecule has 1 aliphatic carbocycles. The highest BCUT2D eigenvalue weighted by molar-refractivity contribution is 7.98. The van der Waals surface area contributed by atoms with Gasteiger partial charge in [-0.1, -0.05) is 19.8 Å². The molecule has 0 spiro atoms. The lowest BCUT2D eigenvalue weighted by Crippen LogP contribution is -2.44. The maximum Gasteiger partial charge on any atom is 0.0774 e. The molecule has 0 saturated heterocycles. The van der Waals surface area contributed by atoms with E-state index < -0.39 is 5.60 Å². The summed E-state index contributed by atoms with van der Waals surface area (Å²) in [5, 5.41) is 13.8. The van der Waals surface area contributed by atoms with Crippen molar-refractivity contribution in [1.29, 1.82) is 0 Å². The van der Waals surface area contributed by atoms with Gasteiger partial charge in [0, 0.05) is 6.54 Å². The highest BCUT2D eigenvalue weighted by atomic mass is 32.2. The van der Waals surface area contributed by atoms with E-state index in [0.717, 1.165) is 25.9 Å². The fourth-order valence-electron chi connectivity index (χ4n) is 2.61. The normalized spacial score (nSPS) is 30.6. The summed E-state index contributed by atoms with van der Waals surface area (Å²) >= 11 is 1.91. The van der Waals surface area contributed by atoms with Gasteiger partial charge in [0.15, 0.2) is 0 Å². The smallest absolute Gasteiger partial charge is 0.0774 e. The van der Waals surface area contributed by atoms with Gasteiger partial charge in [0.05, 0.1) is 5.60 Å². The van der Waals surface area contributed by atoms with E-state index in [-0.39, 0.29) is 0 Å². The molecule has 0 aromatic carbocycles. The Hall–Kier alpha value is 0.270. The molecule has 2 unspecified atom stereocenters. The Morgan fingerprint density at radius 1 is 1.44 bits per heavy atom. The maximum atomic E-state index is 10.4. The Kier molecular flexibility index (Phi) is 6.78. The first-order chi connectivity index (χ1) is 7.66. The number of aliphatic hydroxyl groups is 1. The van der Waals surface area contributed by atoms with Gasteiger partial charge in [0.2, 0.25) is 0 Å². The van der Waals surface area contributed by atoms with E-state index >= 15 is 0 Å². The molecular formula is C13H27NOS. The number of thioether (sulfide) groups is 1. The second-order valence-electron chi connectivity index (χ2n) is 5.30. The van der Waals surface area contributed by atoms with Gasteiger partial charge in [0.1, 0.15) is 0 Å². The molecule has 2 nitrogen and oxygen atoms in total. The lowest BCUT2D eigenvalue weighted by molar-refractivity contribution is -0.0115. The number of unbranched alkanes of at least 4 members (excludes halogenated alkanes) is 1. The minimum atomic E-state index is -0.419.